The van der Waals surface area contributed by atoms with Crippen LogP contribution >= 0.6 is 0 Å². The average Bonchev–Trinajstić information content (AvgIpc) is 3.17. The number of aliphatic hydroxyl groups excluding tert-OH is 1. The zero-order valence-electron chi connectivity index (χ0n) is 19.6. The molecule has 2 aliphatic heterocycles. The van der Waals surface area contributed by atoms with Crippen molar-refractivity contribution >= 4 is 17.4 Å². The van der Waals surface area contributed by atoms with Gasteiger partial charge in [0.25, 0.3) is 11.7 Å². The van der Waals surface area contributed by atoms with Crippen LogP contribution in [0.1, 0.15) is 22.7 Å². The van der Waals surface area contributed by atoms with Crippen LogP contribution in [0.3, 0.4) is 0 Å². The minimum absolute atomic E-state index is 0.0440. The molecule has 8 nitrogen and oxygen atoms in total. The molecule has 3 aromatic rings. The number of carbonyl (C=O) groups excluding carboxylic acids is 2. The Morgan fingerprint density at radius 2 is 1.75 bits per heavy atom. The van der Waals surface area contributed by atoms with E-state index in [2.05, 4.69) is 0 Å². The first-order chi connectivity index (χ1) is 17.5. The fourth-order valence-electron chi connectivity index (χ4n) is 4.56. The second-order valence-electron chi connectivity index (χ2n) is 8.52. The number of hydrogen-bond donors (Lipinski definition) is 2. The molecule has 1 amide bonds. The molecule has 0 bridgehead atoms. The van der Waals surface area contributed by atoms with Crippen LogP contribution in [0.15, 0.2) is 72.3 Å². The van der Waals surface area contributed by atoms with Gasteiger partial charge in [0.1, 0.15) is 19.0 Å². The predicted molar refractivity (Wildman–Crippen MR) is 131 cm³/mol. The van der Waals surface area contributed by atoms with Gasteiger partial charge in [0.2, 0.25) is 0 Å². The third kappa shape index (κ3) is 4.22. The van der Waals surface area contributed by atoms with Crippen LogP contribution in [0.25, 0.3) is 5.76 Å². The van der Waals surface area contributed by atoms with Gasteiger partial charge in [0.05, 0.1) is 18.7 Å². The Morgan fingerprint density at radius 1 is 1.00 bits per heavy atom. The zero-order valence-corrected chi connectivity index (χ0v) is 19.6. The van der Waals surface area contributed by atoms with E-state index < -0.39 is 17.7 Å². The Morgan fingerprint density at radius 3 is 2.50 bits per heavy atom. The van der Waals surface area contributed by atoms with E-state index in [1.54, 1.807) is 30.3 Å². The summed E-state index contributed by atoms with van der Waals surface area (Å²) in [5.74, 6) is -0.693. The van der Waals surface area contributed by atoms with Gasteiger partial charge in [-0.25, -0.2) is 0 Å². The summed E-state index contributed by atoms with van der Waals surface area (Å²) in [4.78, 5) is 28.0. The van der Waals surface area contributed by atoms with Gasteiger partial charge in [-0.2, -0.15) is 0 Å². The van der Waals surface area contributed by atoms with Crippen molar-refractivity contribution < 1.29 is 34.0 Å². The molecule has 1 saturated heterocycles. The summed E-state index contributed by atoms with van der Waals surface area (Å²) in [7, 11) is 1.42. The van der Waals surface area contributed by atoms with Crippen molar-refractivity contribution in [2.24, 2.45) is 0 Å². The second-order valence-corrected chi connectivity index (χ2v) is 8.52. The molecule has 184 valence electrons. The monoisotopic (exact) mass is 487 g/mol. The van der Waals surface area contributed by atoms with Crippen LogP contribution in [0.4, 0.5) is 0 Å². The van der Waals surface area contributed by atoms with Gasteiger partial charge in [0.15, 0.2) is 23.0 Å². The van der Waals surface area contributed by atoms with E-state index in [1.165, 1.54) is 18.1 Å². The fourth-order valence-corrected chi connectivity index (χ4v) is 4.56. The zero-order chi connectivity index (χ0) is 25.2. The van der Waals surface area contributed by atoms with E-state index in [4.69, 9.17) is 14.2 Å². The number of ether oxygens (including phenoxy) is 3. The normalized spacial score (nSPS) is 18.4. The van der Waals surface area contributed by atoms with Crippen molar-refractivity contribution in [1.29, 1.82) is 0 Å². The number of hydrogen-bond acceptors (Lipinski definition) is 7. The van der Waals surface area contributed by atoms with Gasteiger partial charge in [-0.1, -0.05) is 36.4 Å². The number of rotatable bonds is 6. The number of aliphatic hydroxyl groups is 1. The van der Waals surface area contributed by atoms with Crippen LogP contribution in [-0.4, -0.2) is 53.7 Å². The van der Waals surface area contributed by atoms with Crippen LogP contribution in [-0.2, 0) is 16.0 Å². The largest absolute Gasteiger partial charge is 0.507 e. The number of Topliss-reactive ketones (excluding diaryl/α,β-unsaturated/α-hetero) is 1. The van der Waals surface area contributed by atoms with Gasteiger partial charge in [0, 0.05) is 12.1 Å². The number of fused-ring (bicyclic) bond motifs is 1. The number of nitrogens with zero attached hydrogens (tertiary/aromatic N) is 1. The molecular weight excluding hydrogens is 462 g/mol. The van der Waals surface area contributed by atoms with E-state index in [0.29, 0.717) is 42.3 Å². The number of amides is 1. The van der Waals surface area contributed by atoms with E-state index in [1.807, 2.05) is 30.3 Å². The van der Waals surface area contributed by atoms with Crippen molar-refractivity contribution in [2.45, 2.75) is 12.5 Å². The van der Waals surface area contributed by atoms with E-state index in [9.17, 15) is 19.8 Å². The summed E-state index contributed by atoms with van der Waals surface area (Å²) < 4.78 is 16.4. The maximum absolute atomic E-state index is 13.3. The van der Waals surface area contributed by atoms with Gasteiger partial charge in [-0.15, -0.1) is 0 Å². The van der Waals surface area contributed by atoms with Crippen molar-refractivity contribution in [3.05, 3.63) is 89.0 Å². The van der Waals surface area contributed by atoms with Gasteiger partial charge in [-0.05, 0) is 47.9 Å². The number of benzene rings is 3. The molecule has 2 aliphatic rings. The summed E-state index contributed by atoms with van der Waals surface area (Å²) >= 11 is 0. The predicted octanol–water partition coefficient (Wildman–Crippen LogP) is 3.84. The third-order valence-corrected chi connectivity index (χ3v) is 6.36. The van der Waals surface area contributed by atoms with Crippen molar-refractivity contribution in [3.63, 3.8) is 0 Å². The minimum atomic E-state index is -0.878. The highest BCUT2D eigenvalue weighted by Crippen LogP contribution is 2.43. The molecule has 0 saturated carbocycles. The number of aromatic hydroxyl groups is 1. The Labute approximate surface area is 208 Å². The third-order valence-electron chi connectivity index (χ3n) is 6.36. The topological polar surface area (TPSA) is 106 Å². The molecule has 0 aliphatic carbocycles. The van der Waals surface area contributed by atoms with E-state index >= 15 is 0 Å². The van der Waals surface area contributed by atoms with Crippen LogP contribution in [0.5, 0.6) is 23.0 Å². The lowest BCUT2D eigenvalue weighted by Crippen LogP contribution is -2.31. The molecular formula is C28H25NO7. The number of ketones is 1. The molecule has 0 unspecified atom stereocenters. The first-order valence-electron chi connectivity index (χ1n) is 11.6. The highest BCUT2D eigenvalue weighted by atomic mass is 16.6. The summed E-state index contributed by atoms with van der Waals surface area (Å²) in [5.41, 5.74) is 1.82. The average molecular weight is 488 g/mol. The van der Waals surface area contributed by atoms with Crippen LogP contribution in [0.2, 0.25) is 0 Å². The molecule has 5 rings (SSSR count). The molecule has 8 heteroatoms. The Balaban J connectivity index is 1.60. The molecule has 2 heterocycles. The first kappa shape index (κ1) is 23.3. The lowest BCUT2D eigenvalue weighted by Gasteiger charge is -2.26. The standard InChI is InChI=1S/C28H25NO7/c1-34-22-15-18(7-9-20(22)30)25-24(26(31)19-8-10-21-23(16-19)36-14-13-35-21)27(32)28(33)29(25)12-11-17-5-3-2-4-6-17/h2-10,15-16,25,30-31H,11-14H2,1H3/b26-24+/t25-/m1/s1. The molecule has 1 fully saturated rings. The fraction of sp³-hybridized carbons (Fsp3) is 0.214. The Hall–Kier alpha value is -4.46. The number of carbonyl (C=O) groups is 2. The van der Waals surface area contributed by atoms with Crippen LogP contribution < -0.4 is 14.2 Å². The number of phenolic OH excluding ortho intramolecular Hbond substituents is 1. The van der Waals surface area contributed by atoms with E-state index in [0.717, 1.165) is 5.56 Å². The number of phenols is 1. The number of likely N-dealkylation sites (tertiary alicyclic amines) is 1. The Kier molecular flexibility index (Phi) is 6.25. The molecule has 3 aromatic carbocycles. The molecule has 0 radical (unpaired) electrons. The van der Waals surface area contributed by atoms with E-state index in [-0.39, 0.29) is 29.4 Å². The SMILES string of the molecule is COc1cc([C@@H]2/C(=C(\O)c3ccc4c(c3)OCCO4)C(=O)C(=O)N2CCc2ccccc2)ccc1O. The molecule has 0 spiro atoms. The Bertz CT molecular complexity index is 1350. The first-order valence-corrected chi connectivity index (χ1v) is 11.6. The minimum Gasteiger partial charge on any atom is -0.507 e. The highest BCUT2D eigenvalue weighted by Gasteiger charge is 2.46. The van der Waals surface area contributed by atoms with Crippen molar-refractivity contribution in [3.8, 4) is 23.0 Å². The van der Waals surface area contributed by atoms with Crippen molar-refractivity contribution in [2.75, 3.05) is 26.9 Å². The summed E-state index contributed by atoms with van der Waals surface area (Å²) in [6.07, 6.45) is 0.518. The summed E-state index contributed by atoms with van der Waals surface area (Å²) in [5, 5.41) is 21.4. The second kappa shape index (κ2) is 9.65. The highest BCUT2D eigenvalue weighted by molar-refractivity contribution is 6.46. The van der Waals surface area contributed by atoms with Crippen LogP contribution in [0, 0.1) is 0 Å². The van der Waals surface area contributed by atoms with Gasteiger partial charge < -0.3 is 29.3 Å². The molecule has 2 N–H and O–H groups in total. The van der Waals surface area contributed by atoms with Crippen molar-refractivity contribution in [1.82, 2.24) is 4.90 Å². The maximum Gasteiger partial charge on any atom is 0.295 e. The number of methoxy groups -OCH3 is 1. The molecule has 0 aromatic heterocycles. The lowest BCUT2D eigenvalue weighted by molar-refractivity contribution is -0.139. The lowest BCUT2D eigenvalue weighted by atomic mass is 9.94. The quantitative estimate of drug-likeness (QED) is 0.309. The molecule has 36 heavy (non-hydrogen) atoms. The summed E-state index contributed by atoms with van der Waals surface area (Å²) in [6.45, 7) is 1.04. The molecule has 1 atom stereocenters. The van der Waals surface area contributed by atoms with Gasteiger partial charge >= 0.3 is 0 Å². The smallest absolute Gasteiger partial charge is 0.295 e. The summed E-state index contributed by atoms with van der Waals surface area (Å²) in [6, 6.07) is 18.2. The maximum atomic E-state index is 13.3. The van der Waals surface area contributed by atoms with Gasteiger partial charge in [-0.3, -0.25) is 9.59 Å².